The Labute approximate surface area is 117 Å². The van der Waals surface area contributed by atoms with E-state index in [0.717, 1.165) is 27.9 Å². The largest absolute Gasteiger partial charge is 0.324 e. The molecule has 0 amide bonds. The fraction of sp³-hybridized carbons (Fsp3) is 0.167. The number of benzene rings is 1. The molecule has 0 radical (unpaired) electrons. The second-order valence-corrected chi connectivity index (χ2v) is 5.49. The SMILES string of the molecule is O=[N+]([O-])c1cc(CNCc2ccccc2Br)cs1. The van der Waals surface area contributed by atoms with Crippen LogP contribution in [0.15, 0.2) is 40.2 Å². The Kier molecular flexibility index (Phi) is 4.46. The summed E-state index contributed by atoms with van der Waals surface area (Å²) in [6, 6.07) is 9.59. The predicted molar refractivity (Wildman–Crippen MR) is 75.7 cm³/mol. The van der Waals surface area contributed by atoms with Crippen molar-refractivity contribution < 1.29 is 4.92 Å². The van der Waals surface area contributed by atoms with Crippen molar-refractivity contribution in [2.75, 3.05) is 0 Å². The first-order valence-corrected chi connectivity index (χ1v) is 7.00. The van der Waals surface area contributed by atoms with Crippen LogP contribution in [-0.2, 0) is 13.1 Å². The van der Waals surface area contributed by atoms with E-state index in [1.54, 1.807) is 6.07 Å². The van der Waals surface area contributed by atoms with Gasteiger partial charge >= 0.3 is 5.00 Å². The molecule has 0 unspecified atom stereocenters. The summed E-state index contributed by atoms with van der Waals surface area (Å²) in [5.74, 6) is 0. The number of hydrogen-bond donors (Lipinski definition) is 1. The van der Waals surface area contributed by atoms with Crippen molar-refractivity contribution in [3.8, 4) is 0 Å². The fourth-order valence-electron chi connectivity index (χ4n) is 1.53. The summed E-state index contributed by atoms with van der Waals surface area (Å²) >= 11 is 4.64. The highest BCUT2D eigenvalue weighted by atomic mass is 79.9. The average Bonchev–Trinajstić information content (AvgIpc) is 2.80. The van der Waals surface area contributed by atoms with Gasteiger partial charge in [0.25, 0.3) is 0 Å². The summed E-state index contributed by atoms with van der Waals surface area (Å²) in [6.45, 7) is 1.36. The highest BCUT2D eigenvalue weighted by Gasteiger charge is 2.09. The van der Waals surface area contributed by atoms with E-state index >= 15 is 0 Å². The minimum atomic E-state index is -0.359. The standard InChI is InChI=1S/C12H11BrN2O2S/c13-11-4-2-1-3-10(11)7-14-6-9-5-12(15(16)17)18-8-9/h1-5,8,14H,6-7H2. The lowest BCUT2D eigenvalue weighted by Gasteiger charge is -2.05. The normalized spacial score (nSPS) is 10.5. The van der Waals surface area contributed by atoms with Gasteiger partial charge in [-0.15, -0.1) is 0 Å². The summed E-state index contributed by atoms with van der Waals surface area (Å²) in [6.07, 6.45) is 0. The van der Waals surface area contributed by atoms with Crippen molar-refractivity contribution >= 4 is 32.3 Å². The molecule has 0 fully saturated rings. The van der Waals surface area contributed by atoms with Crippen LogP contribution in [0.25, 0.3) is 0 Å². The average molecular weight is 327 g/mol. The molecule has 0 spiro atoms. The maximum Gasteiger partial charge on any atom is 0.324 e. The third kappa shape index (κ3) is 3.38. The van der Waals surface area contributed by atoms with E-state index in [1.165, 1.54) is 5.56 Å². The molecule has 1 aromatic heterocycles. The molecule has 4 nitrogen and oxygen atoms in total. The van der Waals surface area contributed by atoms with Crippen LogP contribution in [0.5, 0.6) is 0 Å². The molecule has 0 aliphatic carbocycles. The third-order valence-corrected chi connectivity index (χ3v) is 4.12. The van der Waals surface area contributed by atoms with Gasteiger partial charge in [-0.2, -0.15) is 0 Å². The maximum absolute atomic E-state index is 10.5. The van der Waals surface area contributed by atoms with Crippen molar-refractivity contribution in [2.24, 2.45) is 0 Å². The van der Waals surface area contributed by atoms with E-state index < -0.39 is 0 Å². The first kappa shape index (κ1) is 13.2. The zero-order valence-electron chi connectivity index (χ0n) is 9.43. The van der Waals surface area contributed by atoms with Crippen LogP contribution in [0, 0.1) is 10.1 Å². The van der Waals surface area contributed by atoms with E-state index in [1.807, 2.05) is 29.6 Å². The van der Waals surface area contributed by atoms with Gasteiger partial charge < -0.3 is 5.32 Å². The second kappa shape index (κ2) is 6.08. The number of halogens is 1. The molecule has 0 saturated carbocycles. The smallest absolute Gasteiger partial charge is 0.309 e. The van der Waals surface area contributed by atoms with Crippen LogP contribution in [0.4, 0.5) is 5.00 Å². The van der Waals surface area contributed by atoms with Gasteiger partial charge in [-0.1, -0.05) is 45.5 Å². The molecule has 1 heterocycles. The molecule has 94 valence electrons. The van der Waals surface area contributed by atoms with Crippen LogP contribution in [-0.4, -0.2) is 4.92 Å². The summed E-state index contributed by atoms with van der Waals surface area (Å²) in [5, 5.41) is 15.8. The van der Waals surface area contributed by atoms with Crippen molar-refractivity contribution in [2.45, 2.75) is 13.1 Å². The first-order chi connectivity index (χ1) is 8.66. The molecular formula is C12H11BrN2O2S. The molecule has 6 heteroatoms. The highest BCUT2D eigenvalue weighted by Crippen LogP contribution is 2.22. The number of thiophene rings is 1. The Morgan fingerprint density at radius 1 is 1.33 bits per heavy atom. The molecule has 0 saturated heterocycles. The van der Waals surface area contributed by atoms with Crippen LogP contribution in [0.2, 0.25) is 0 Å². The minimum absolute atomic E-state index is 0.188. The van der Waals surface area contributed by atoms with Gasteiger partial charge in [0, 0.05) is 29.0 Å². The summed E-state index contributed by atoms with van der Waals surface area (Å²) in [4.78, 5) is 10.2. The quantitative estimate of drug-likeness (QED) is 0.673. The lowest BCUT2D eigenvalue weighted by atomic mass is 10.2. The Morgan fingerprint density at radius 2 is 2.11 bits per heavy atom. The monoisotopic (exact) mass is 326 g/mol. The van der Waals surface area contributed by atoms with Gasteiger partial charge in [0.05, 0.1) is 4.92 Å². The predicted octanol–water partition coefficient (Wildman–Crippen LogP) is 3.71. The molecule has 2 aromatic rings. The minimum Gasteiger partial charge on any atom is -0.309 e. The topological polar surface area (TPSA) is 55.2 Å². The van der Waals surface area contributed by atoms with E-state index in [2.05, 4.69) is 21.2 Å². The van der Waals surface area contributed by atoms with Crippen molar-refractivity contribution in [3.05, 3.63) is 61.4 Å². The molecule has 2 rings (SSSR count). The first-order valence-electron chi connectivity index (χ1n) is 5.33. The molecule has 0 aliphatic rings. The van der Waals surface area contributed by atoms with Gasteiger partial charge in [0.2, 0.25) is 0 Å². The lowest BCUT2D eigenvalue weighted by Crippen LogP contribution is -2.12. The van der Waals surface area contributed by atoms with Crippen LogP contribution < -0.4 is 5.32 Å². The Balaban J connectivity index is 1.88. The summed E-state index contributed by atoms with van der Waals surface area (Å²) in [7, 11) is 0. The molecule has 1 N–H and O–H groups in total. The zero-order valence-corrected chi connectivity index (χ0v) is 11.8. The second-order valence-electron chi connectivity index (χ2n) is 3.75. The fourth-order valence-corrected chi connectivity index (χ4v) is 2.69. The molecule has 1 aromatic carbocycles. The van der Waals surface area contributed by atoms with E-state index in [0.29, 0.717) is 6.54 Å². The number of nitrogens with one attached hydrogen (secondary N) is 1. The van der Waals surface area contributed by atoms with Gasteiger partial charge in [-0.25, -0.2) is 0 Å². The van der Waals surface area contributed by atoms with Gasteiger partial charge in [0.15, 0.2) is 0 Å². The van der Waals surface area contributed by atoms with Crippen molar-refractivity contribution in [1.29, 1.82) is 0 Å². The van der Waals surface area contributed by atoms with E-state index in [4.69, 9.17) is 0 Å². The molecule has 0 aliphatic heterocycles. The van der Waals surface area contributed by atoms with E-state index in [-0.39, 0.29) is 9.92 Å². The number of rotatable bonds is 5. The molecule has 18 heavy (non-hydrogen) atoms. The van der Waals surface area contributed by atoms with E-state index in [9.17, 15) is 10.1 Å². The van der Waals surface area contributed by atoms with Crippen LogP contribution in [0.3, 0.4) is 0 Å². The third-order valence-electron chi connectivity index (χ3n) is 2.42. The summed E-state index contributed by atoms with van der Waals surface area (Å²) < 4.78 is 1.06. The van der Waals surface area contributed by atoms with Crippen LogP contribution >= 0.6 is 27.3 Å². The van der Waals surface area contributed by atoms with Gasteiger partial charge in [-0.3, -0.25) is 10.1 Å². The molecular weight excluding hydrogens is 316 g/mol. The van der Waals surface area contributed by atoms with Gasteiger partial charge in [0.1, 0.15) is 0 Å². The molecule has 0 atom stereocenters. The highest BCUT2D eigenvalue weighted by molar-refractivity contribution is 9.10. The molecule has 0 bridgehead atoms. The number of nitrogens with zero attached hydrogens (tertiary/aromatic N) is 1. The van der Waals surface area contributed by atoms with Crippen LogP contribution in [0.1, 0.15) is 11.1 Å². The number of nitro groups is 1. The summed E-state index contributed by atoms with van der Waals surface area (Å²) in [5.41, 5.74) is 2.11. The van der Waals surface area contributed by atoms with Crippen molar-refractivity contribution in [1.82, 2.24) is 5.32 Å². The number of hydrogen-bond acceptors (Lipinski definition) is 4. The van der Waals surface area contributed by atoms with Crippen molar-refractivity contribution in [3.63, 3.8) is 0 Å². The Morgan fingerprint density at radius 3 is 2.78 bits per heavy atom. The Hall–Kier alpha value is -1.24. The maximum atomic E-state index is 10.5. The zero-order chi connectivity index (χ0) is 13.0. The van der Waals surface area contributed by atoms with Gasteiger partial charge in [-0.05, 0) is 17.2 Å². The Bertz CT molecular complexity index is 557. The lowest BCUT2D eigenvalue weighted by molar-refractivity contribution is -0.380.